The molecule has 0 aliphatic carbocycles. The fourth-order valence-corrected chi connectivity index (χ4v) is 2.16. The van der Waals surface area contributed by atoms with Crippen LogP contribution in [0.5, 0.6) is 11.5 Å². The number of hydrogen-bond donors (Lipinski definition) is 0. The standard InChI is InChI=1S/C14H11NO3S/c1-19(16,17)13-8-6-12(7-9-13)18-14-5-3-2-4-11(14)10-15/h2-9H,1H3. The lowest BCUT2D eigenvalue weighted by Crippen LogP contribution is -1.96. The molecular formula is C14H11NO3S. The Hall–Kier alpha value is -2.32. The molecule has 2 aromatic rings. The van der Waals surface area contributed by atoms with E-state index >= 15 is 0 Å². The molecule has 2 rings (SSSR count). The second-order valence-corrected chi connectivity index (χ2v) is 5.97. The van der Waals surface area contributed by atoms with Crippen molar-refractivity contribution in [1.29, 1.82) is 5.26 Å². The Morgan fingerprint density at radius 2 is 1.68 bits per heavy atom. The van der Waals surface area contributed by atoms with E-state index in [1.807, 2.05) is 6.07 Å². The van der Waals surface area contributed by atoms with Crippen molar-refractivity contribution in [1.82, 2.24) is 0 Å². The minimum Gasteiger partial charge on any atom is -0.456 e. The first-order chi connectivity index (χ1) is 9.00. The smallest absolute Gasteiger partial charge is 0.175 e. The number of sulfone groups is 1. The summed E-state index contributed by atoms with van der Waals surface area (Å²) >= 11 is 0. The molecule has 0 amide bonds. The monoisotopic (exact) mass is 273 g/mol. The van der Waals surface area contributed by atoms with Crippen LogP contribution >= 0.6 is 0 Å². The van der Waals surface area contributed by atoms with Gasteiger partial charge in [0.05, 0.1) is 10.5 Å². The maximum atomic E-state index is 11.3. The SMILES string of the molecule is CS(=O)(=O)c1ccc(Oc2ccccc2C#N)cc1. The van der Waals surface area contributed by atoms with Crippen LogP contribution in [0.1, 0.15) is 5.56 Å². The molecule has 0 heterocycles. The topological polar surface area (TPSA) is 67.2 Å². The van der Waals surface area contributed by atoms with Crippen LogP contribution in [-0.2, 0) is 9.84 Å². The number of nitrogens with zero attached hydrogens (tertiary/aromatic N) is 1. The Morgan fingerprint density at radius 3 is 2.26 bits per heavy atom. The predicted molar refractivity (Wildman–Crippen MR) is 70.8 cm³/mol. The number of hydrogen-bond acceptors (Lipinski definition) is 4. The molecule has 0 fully saturated rings. The van der Waals surface area contributed by atoms with Gasteiger partial charge in [-0.2, -0.15) is 5.26 Å². The second kappa shape index (κ2) is 5.12. The van der Waals surface area contributed by atoms with Crippen LogP contribution in [0.15, 0.2) is 53.4 Å². The van der Waals surface area contributed by atoms with Gasteiger partial charge in [0.15, 0.2) is 9.84 Å². The van der Waals surface area contributed by atoms with Crippen molar-refractivity contribution in [3.63, 3.8) is 0 Å². The minimum atomic E-state index is -3.21. The Balaban J connectivity index is 2.28. The van der Waals surface area contributed by atoms with Crippen molar-refractivity contribution in [3.8, 4) is 17.6 Å². The molecule has 0 aromatic heterocycles. The molecule has 0 bridgehead atoms. The molecule has 96 valence electrons. The highest BCUT2D eigenvalue weighted by Crippen LogP contribution is 2.25. The highest BCUT2D eigenvalue weighted by atomic mass is 32.2. The van der Waals surface area contributed by atoms with Crippen LogP contribution in [0.25, 0.3) is 0 Å². The van der Waals surface area contributed by atoms with E-state index in [9.17, 15) is 8.42 Å². The molecule has 0 saturated heterocycles. The zero-order valence-electron chi connectivity index (χ0n) is 10.2. The number of para-hydroxylation sites is 1. The fraction of sp³-hybridized carbons (Fsp3) is 0.0714. The summed E-state index contributed by atoms with van der Waals surface area (Å²) in [4.78, 5) is 0.230. The third kappa shape index (κ3) is 3.12. The first-order valence-electron chi connectivity index (χ1n) is 5.48. The van der Waals surface area contributed by atoms with Crippen molar-refractivity contribution in [2.24, 2.45) is 0 Å². The first kappa shape index (κ1) is 13.1. The van der Waals surface area contributed by atoms with Gasteiger partial charge >= 0.3 is 0 Å². The molecule has 0 N–H and O–H groups in total. The third-order valence-corrected chi connectivity index (χ3v) is 3.62. The van der Waals surface area contributed by atoms with E-state index in [4.69, 9.17) is 10.00 Å². The van der Waals surface area contributed by atoms with E-state index in [-0.39, 0.29) is 4.90 Å². The van der Waals surface area contributed by atoms with Gasteiger partial charge in [0.1, 0.15) is 17.6 Å². The zero-order valence-corrected chi connectivity index (χ0v) is 11.0. The summed E-state index contributed by atoms with van der Waals surface area (Å²) in [6, 6.07) is 14.9. The van der Waals surface area contributed by atoms with Gasteiger partial charge in [-0.1, -0.05) is 12.1 Å². The number of nitriles is 1. The van der Waals surface area contributed by atoms with Crippen LogP contribution in [-0.4, -0.2) is 14.7 Å². The quantitative estimate of drug-likeness (QED) is 0.862. The Labute approximate surface area is 111 Å². The second-order valence-electron chi connectivity index (χ2n) is 3.95. The van der Waals surface area contributed by atoms with Gasteiger partial charge in [0.2, 0.25) is 0 Å². The first-order valence-corrected chi connectivity index (χ1v) is 7.37. The van der Waals surface area contributed by atoms with Crippen LogP contribution in [0, 0.1) is 11.3 Å². The van der Waals surface area contributed by atoms with Crippen molar-refractivity contribution in [2.75, 3.05) is 6.26 Å². The lowest BCUT2D eigenvalue weighted by Gasteiger charge is -2.07. The summed E-state index contributed by atoms with van der Waals surface area (Å²) in [5.74, 6) is 0.923. The molecular weight excluding hydrogens is 262 g/mol. The van der Waals surface area contributed by atoms with E-state index in [2.05, 4.69) is 0 Å². The Kier molecular flexibility index (Phi) is 3.54. The minimum absolute atomic E-state index is 0.230. The van der Waals surface area contributed by atoms with Gasteiger partial charge in [-0.15, -0.1) is 0 Å². The molecule has 4 nitrogen and oxygen atoms in total. The van der Waals surface area contributed by atoms with Gasteiger partial charge in [-0.3, -0.25) is 0 Å². The van der Waals surface area contributed by atoms with Crippen LogP contribution in [0.2, 0.25) is 0 Å². The summed E-state index contributed by atoms with van der Waals surface area (Å²) in [5, 5.41) is 8.94. The maximum absolute atomic E-state index is 11.3. The molecule has 5 heteroatoms. The van der Waals surface area contributed by atoms with E-state index < -0.39 is 9.84 Å². The Morgan fingerprint density at radius 1 is 1.05 bits per heavy atom. The lowest BCUT2D eigenvalue weighted by atomic mass is 10.2. The van der Waals surface area contributed by atoms with Crippen molar-refractivity contribution >= 4 is 9.84 Å². The molecule has 0 saturated carbocycles. The largest absolute Gasteiger partial charge is 0.456 e. The molecule has 0 aliphatic heterocycles. The average Bonchev–Trinajstić information content (AvgIpc) is 2.39. The summed E-state index contributed by atoms with van der Waals surface area (Å²) in [6.07, 6.45) is 1.15. The molecule has 0 aliphatic rings. The number of rotatable bonds is 3. The molecule has 0 unspecified atom stereocenters. The number of ether oxygens (including phenoxy) is 1. The van der Waals surface area contributed by atoms with Gasteiger partial charge in [0.25, 0.3) is 0 Å². The van der Waals surface area contributed by atoms with Crippen LogP contribution in [0.3, 0.4) is 0 Å². The molecule has 0 radical (unpaired) electrons. The number of benzene rings is 2. The fourth-order valence-electron chi connectivity index (χ4n) is 1.53. The molecule has 19 heavy (non-hydrogen) atoms. The normalized spacial score (nSPS) is 10.7. The van der Waals surface area contributed by atoms with Gasteiger partial charge in [0, 0.05) is 6.26 Å². The summed E-state index contributed by atoms with van der Waals surface area (Å²) in [7, 11) is -3.21. The highest BCUT2D eigenvalue weighted by molar-refractivity contribution is 7.90. The van der Waals surface area contributed by atoms with Crippen molar-refractivity contribution in [3.05, 3.63) is 54.1 Å². The molecule has 0 atom stereocenters. The molecule has 2 aromatic carbocycles. The van der Waals surface area contributed by atoms with E-state index in [1.54, 1.807) is 36.4 Å². The highest BCUT2D eigenvalue weighted by Gasteiger charge is 2.08. The maximum Gasteiger partial charge on any atom is 0.175 e. The van der Waals surface area contributed by atoms with Crippen LogP contribution in [0.4, 0.5) is 0 Å². The third-order valence-electron chi connectivity index (χ3n) is 2.49. The van der Waals surface area contributed by atoms with Crippen LogP contribution < -0.4 is 4.74 Å². The van der Waals surface area contributed by atoms with Crippen molar-refractivity contribution < 1.29 is 13.2 Å². The predicted octanol–water partition coefficient (Wildman–Crippen LogP) is 2.75. The summed E-state index contributed by atoms with van der Waals surface area (Å²) < 4.78 is 28.2. The van der Waals surface area contributed by atoms with E-state index in [1.165, 1.54) is 12.1 Å². The van der Waals surface area contributed by atoms with E-state index in [0.29, 0.717) is 17.1 Å². The van der Waals surface area contributed by atoms with Gasteiger partial charge < -0.3 is 4.74 Å². The van der Waals surface area contributed by atoms with Gasteiger partial charge in [-0.25, -0.2) is 8.42 Å². The van der Waals surface area contributed by atoms with E-state index in [0.717, 1.165) is 6.26 Å². The van der Waals surface area contributed by atoms with Gasteiger partial charge in [-0.05, 0) is 36.4 Å². The zero-order chi connectivity index (χ0) is 13.9. The average molecular weight is 273 g/mol. The summed E-state index contributed by atoms with van der Waals surface area (Å²) in [5.41, 5.74) is 0.426. The Bertz CT molecular complexity index is 728. The molecule has 0 spiro atoms. The lowest BCUT2D eigenvalue weighted by molar-refractivity contribution is 0.480. The summed E-state index contributed by atoms with van der Waals surface area (Å²) in [6.45, 7) is 0. The van der Waals surface area contributed by atoms with Crippen molar-refractivity contribution in [2.45, 2.75) is 4.90 Å².